The van der Waals surface area contributed by atoms with E-state index in [0.717, 1.165) is 12.8 Å². The predicted octanol–water partition coefficient (Wildman–Crippen LogP) is -0.271. The van der Waals surface area contributed by atoms with E-state index in [1.165, 1.54) is 0 Å². The minimum absolute atomic E-state index is 0.319. The molecule has 0 bridgehead atoms. The molecule has 0 aliphatic heterocycles. The third-order valence-corrected chi connectivity index (χ3v) is 2.33. The molecule has 0 rings (SSSR count). The number of aliphatic hydroxyl groups excluding tert-OH is 1. The van der Waals surface area contributed by atoms with Gasteiger partial charge in [0.1, 0.15) is 6.04 Å². The fourth-order valence-electron chi connectivity index (χ4n) is 1.31. The SMILES string of the molecule is CCCC(CCC)C(=O)O[N+](=O)[O-].NC(=O)[C@@H](N)CO. The van der Waals surface area contributed by atoms with Gasteiger partial charge in [0.2, 0.25) is 5.91 Å². The molecule has 0 radical (unpaired) electrons. The first kappa shape index (κ1) is 20.6. The number of carbonyl (C=O) groups is 2. The van der Waals surface area contributed by atoms with Gasteiger partial charge in [-0.2, -0.15) is 0 Å². The van der Waals surface area contributed by atoms with Crippen molar-refractivity contribution in [3.8, 4) is 0 Å². The van der Waals surface area contributed by atoms with Crippen molar-refractivity contribution in [1.29, 1.82) is 0 Å². The monoisotopic (exact) mass is 293 g/mol. The lowest BCUT2D eigenvalue weighted by Crippen LogP contribution is -2.39. The third-order valence-electron chi connectivity index (χ3n) is 2.33. The Labute approximate surface area is 117 Å². The Kier molecular flexibility index (Phi) is 12.7. The number of hydrogen-bond donors (Lipinski definition) is 3. The van der Waals surface area contributed by atoms with Crippen LogP contribution in [0.15, 0.2) is 0 Å². The fraction of sp³-hybridized carbons (Fsp3) is 0.818. The van der Waals surface area contributed by atoms with Crippen LogP contribution in [-0.4, -0.2) is 34.7 Å². The molecule has 9 heteroatoms. The first-order valence-electron chi connectivity index (χ1n) is 6.31. The van der Waals surface area contributed by atoms with Crippen molar-refractivity contribution in [2.45, 2.75) is 45.6 Å². The topological polar surface area (TPSA) is 159 Å². The first-order chi connectivity index (χ1) is 9.29. The van der Waals surface area contributed by atoms with Crippen molar-refractivity contribution >= 4 is 11.9 Å². The summed E-state index contributed by atoms with van der Waals surface area (Å²) in [6, 6.07) is -0.903. The van der Waals surface area contributed by atoms with Gasteiger partial charge in [-0.15, -0.1) is 10.1 Å². The van der Waals surface area contributed by atoms with Gasteiger partial charge in [-0.3, -0.25) is 9.59 Å². The first-order valence-corrected chi connectivity index (χ1v) is 6.31. The van der Waals surface area contributed by atoms with Crippen molar-refractivity contribution in [1.82, 2.24) is 0 Å². The zero-order valence-electron chi connectivity index (χ0n) is 11.8. The van der Waals surface area contributed by atoms with E-state index in [4.69, 9.17) is 10.8 Å². The number of hydrogen-bond acceptors (Lipinski definition) is 7. The molecular weight excluding hydrogens is 270 g/mol. The molecule has 0 saturated carbocycles. The third kappa shape index (κ3) is 11.4. The number of aliphatic hydroxyl groups is 1. The highest BCUT2D eigenvalue weighted by Crippen LogP contribution is 2.14. The van der Waals surface area contributed by atoms with Crippen LogP contribution in [0, 0.1) is 16.0 Å². The van der Waals surface area contributed by atoms with Crippen LogP contribution in [0.4, 0.5) is 0 Å². The van der Waals surface area contributed by atoms with Crippen LogP contribution in [0.5, 0.6) is 0 Å². The normalized spacial score (nSPS) is 11.2. The number of nitrogens with zero attached hydrogens (tertiary/aromatic N) is 1. The predicted molar refractivity (Wildman–Crippen MR) is 70.6 cm³/mol. The molecule has 0 aliphatic rings. The van der Waals surface area contributed by atoms with Crippen LogP contribution < -0.4 is 11.5 Å². The van der Waals surface area contributed by atoms with Gasteiger partial charge < -0.3 is 16.6 Å². The number of primary amides is 1. The molecule has 9 nitrogen and oxygen atoms in total. The molecule has 0 aromatic heterocycles. The van der Waals surface area contributed by atoms with Crippen LogP contribution in [0.3, 0.4) is 0 Å². The summed E-state index contributed by atoms with van der Waals surface area (Å²) in [5.41, 5.74) is 9.51. The lowest BCUT2D eigenvalue weighted by atomic mass is 9.99. The number of carbonyl (C=O) groups excluding carboxylic acids is 2. The van der Waals surface area contributed by atoms with Crippen LogP contribution in [0.25, 0.3) is 0 Å². The van der Waals surface area contributed by atoms with E-state index in [9.17, 15) is 19.7 Å². The molecule has 20 heavy (non-hydrogen) atoms. The fourth-order valence-corrected chi connectivity index (χ4v) is 1.31. The van der Waals surface area contributed by atoms with E-state index in [1.807, 2.05) is 13.8 Å². The minimum atomic E-state index is -1.04. The van der Waals surface area contributed by atoms with Gasteiger partial charge in [0.25, 0.3) is 0 Å². The standard InChI is InChI=1S/C8H15NO4.C3H8N2O2/c1-3-5-7(6-4-2)8(10)13-9(11)12;4-2(1-6)3(5)7/h7H,3-6H2,1-2H3;2,6H,1,4H2,(H2,5,7)/t;2-/m.0/s1. The van der Waals surface area contributed by atoms with Crippen LogP contribution >= 0.6 is 0 Å². The number of nitrogens with two attached hydrogens (primary N) is 2. The average molecular weight is 293 g/mol. The van der Waals surface area contributed by atoms with Gasteiger partial charge in [0.15, 0.2) is 0 Å². The Hall–Kier alpha value is -1.74. The molecule has 118 valence electrons. The van der Waals surface area contributed by atoms with Crippen LogP contribution in [0.2, 0.25) is 0 Å². The summed E-state index contributed by atoms with van der Waals surface area (Å²) in [4.78, 5) is 34.7. The van der Waals surface area contributed by atoms with E-state index < -0.39 is 23.0 Å². The minimum Gasteiger partial charge on any atom is -0.394 e. The van der Waals surface area contributed by atoms with Gasteiger partial charge >= 0.3 is 11.1 Å². The highest BCUT2D eigenvalue weighted by atomic mass is 17.0. The van der Waals surface area contributed by atoms with E-state index >= 15 is 0 Å². The van der Waals surface area contributed by atoms with Crippen molar-refractivity contribution in [2.75, 3.05) is 6.61 Å². The Morgan fingerprint density at radius 1 is 1.30 bits per heavy atom. The van der Waals surface area contributed by atoms with Crippen LogP contribution in [0.1, 0.15) is 39.5 Å². The highest BCUT2D eigenvalue weighted by molar-refractivity contribution is 5.79. The summed E-state index contributed by atoms with van der Waals surface area (Å²) in [5.74, 6) is -1.71. The summed E-state index contributed by atoms with van der Waals surface area (Å²) in [6.07, 6.45) is 2.97. The van der Waals surface area contributed by atoms with E-state index in [1.54, 1.807) is 0 Å². The van der Waals surface area contributed by atoms with Crippen molar-refractivity contribution in [3.05, 3.63) is 10.1 Å². The molecule has 0 spiro atoms. The summed E-state index contributed by atoms with van der Waals surface area (Å²) in [6.45, 7) is 3.49. The molecule has 0 heterocycles. The second-order valence-corrected chi connectivity index (χ2v) is 4.10. The maximum Gasteiger partial charge on any atom is 0.306 e. The van der Waals surface area contributed by atoms with Gasteiger partial charge in [-0.25, -0.2) is 4.84 Å². The maximum absolute atomic E-state index is 11.1. The Balaban J connectivity index is 0. The molecule has 0 saturated heterocycles. The largest absolute Gasteiger partial charge is 0.394 e. The summed E-state index contributed by atoms with van der Waals surface area (Å²) >= 11 is 0. The Morgan fingerprint density at radius 3 is 1.95 bits per heavy atom. The number of rotatable bonds is 8. The maximum atomic E-state index is 11.1. The zero-order chi connectivity index (χ0) is 16.1. The van der Waals surface area contributed by atoms with Gasteiger partial charge in [0.05, 0.1) is 6.61 Å². The van der Waals surface area contributed by atoms with E-state index in [-0.39, 0.29) is 12.5 Å². The molecule has 0 aromatic rings. The van der Waals surface area contributed by atoms with Gasteiger partial charge in [-0.1, -0.05) is 26.7 Å². The lowest BCUT2D eigenvalue weighted by molar-refractivity contribution is -0.730. The highest BCUT2D eigenvalue weighted by Gasteiger charge is 2.19. The smallest absolute Gasteiger partial charge is 0.306 e. The molecule has 0 fully saturated rings. The molecular formula is C11H23N3O6. The quantitative estimate of drug-likeness (QED) is 0.410. The van der Waals surface area contributed by atoms with Crippen LogP contribution in [-0.2, 0) is 14.4 Å². The van der Waals surface area contributed by atoms with Gasteiger partial charge in [-0.05, 0) is 12.8 Å². The molecule has 0 unspecified atom stereocenters. The molecule has 1 amide bonds. The lowest BCUT2D eigenvalue weighted by Gasteiger charge is -2.10. The summed E-state index contributed by atoms with van der Waals surface area (Å²) < 4.78 is 0. The average Bonchev–Trinajstić information content (AvgIpc) is 2.37. The van der Waals surface area contributed by atoms with E-state index in [0.29, 0.717) is 12.8 Å². The second kappa shape index (κ2) is 12.3. The molecule has 1 atom stereocenters. The summed E-state index contributed by atoms with van der Waals surface area (Å²) in [5, 5.41) is 16.9. The molecule has 0 aliphatic carbocycles. The second-order valence-electron chi connectivity index (χ2n) is 4.10. The van der Waals surface area contributed by atoms with Crippen molar-refractivity contribution < 1.29 is 24.6 Å². The van der Waals surface area contributed by atoms with Crippen molar-refractivity contribution in [2.24, 2.45) is 17.4 Å². The Morgan fingerprint density at radius 2 is 1.75 bits per heavy atom. The van der Waals surface area contributed by atoms with Crippen molar-refractivity contribution in [3.63, 3.8) is 0 Å². The van der Waals surface area contributed by atoms with E-state index in [2.05, 4.69) is 10.6 Å². The van der Waals surface area contributed by atoms with Gasteiger partial charge in [0, 0.05) is 5.92 Å². The zero-order valence-corrected chi connectivity index (χ0v) is 11.8. The molecule has 5 N–H and O–H groups in total. The summed E-state index contributed by atoms with van der Waals surface area (Å²) in [7, 11) is 0. The Bertz CT molecular complexity index is 305. The number of amides is 1. The molecule has 0 aromatic carbocycles.